The second kappa shape index (κ2) is 12.8. The summed E-state index contributed by atoms with van der Waals surface area (Å²) in [7, 11) is -3.82. The molecule has 1 aromatic carbocycles. The van der Waals surface area contributed by atoms with Gasteiger partial charge in [-0.15, -0.1) is 12.6 Å². The Hall–Kier alpha value is -0.803. The standard InChI is InChI=1S/C26H42NO5PS2Si/c1-25(2,3)36(7,8)32-19-26(4,5)24(28)35-17-16-31-33(29,21-14-15-22(34)23(21)30-6)27-18-20-12-10-9-11-13-20/h9-15,21,34H,16-19H2,1-8H3,(H,27,29)/t21-,33?/m1/s1. The minimum atomic E-state index is -3.41. The predicted octanol–water partition coefficient (Wildman–Crippen LogP) is 7.02. The van der Waals surface area contributed by atoms with Crippen molar-refractivity contribution in [3.63, 3.8) is 0 Å². The minimum Gasteiger partial charge on any atom is -0.499 e. The lowest BCUT2D eigenvalue weighted by molar-refractivity contribution is -0.119. The van der Waals surface area contributed by atoms with Crippen molar-refractivity contribution < 1.29 is 23.0 Å². The van der Waals surface area contributed by atoms with Crippen LogP contribution in [0.3, 0.4) is 0 Å². The molecule has 0 bridgehead atoms. The highest BCUT2D eigenvalue weighted by atomic mass is 32.2. The van der Waals surface area contributed by atoms with Gasteiger partial charge >= 0.3 is 0 Å². The lowest BCUT2D eigenvalue weighted by atomic mass is 9.97. The summed E-state index contributed by atoms with van der Waals surface area (Å²) in [5.74, 6) is 0.894. The maximum absolute atomic E-state index is 14.0. The van der Waals surface area contributed by atoms with Gasteiger partial charge in [-0.3, -0.25) is 9.36 Å². The largest absolute Gasteiger partial charge is 0.499 e. The fourth-order valence-corrected chi connectivity index (χ4v) is 7.74. The summed E-state index contributed by atoms with van der Waals surface area (Å²) in [6, 6.07) is 9.72. The van der Waals surface area contributed by atoms with E-state index >= 15 is 0 Å². The Balaban J connectivity index is 1.99. The van der Waals surface area contributed by atoms with Gasteiger partial charge in [-0.25, -0.2) is 5.09 Å². The number of allylic oxidation sites excluding steroid dienone is 2. The molecule has 0 heterocycles. The molecule has 0 fully saturated rings. The Labute approximate surface area is 228 Å². The molecule has 1 aromatic rings. The maximum Gasteiger partial charge on any atom is 0.284 e. The van der Waals surface area contributed by atoms with E-state index in [1.165, 1.54) is 18.9 Å². The van der Waals surface area contributed by atoms with Crippen LogP contribution < -0.4 is 5.09 Å². The number of rotatable bonds is 13. The summed E-state index contributed by atoms with van der Waals surface area (Å²) < 4.78 is 31.8. The van der Waals surface area contributed by atoms with E-state index in [2.05, 4.69) is 51.6 Å². The van der Waals surface area contributed by atoms with Crippen molar-refractivity contribution in [2.75, 3.05) is 26.1 Å². The van der Waals surface area contributed by atoms with Gasteiger partial charge < -0.3 is 13.7 Å². The topological polar surface area (TPSA) is 73.9 Å². The number of methoxy groups -OCH3 is 1. The molecule has 0 aliphatic heterocycles. The van der Waals surface area contributed by atoms with Crippen molar-refractivity contribution in [2.24, 2.45) is 5.41 Å². The van der Waals surface area contributed by atoms with Crippen molar-refractivity contribution >= 4 is 45.3 Å². The summed E-state index contributed by atoms with van der Waals surface area (Å²) in [6.45, 7) is 15.7. The molecule has 1 unspecified atom stereocenters. The first kappa shape index (κ1) is 31.4. The highest BCUT2D eigenvalue weighted by Crippen LogP contribution is 2.54. The van der Waals surface area contributed by atoms with Crippen LogP contribution in [0.1, 0.15) is 40.2 Å². The number of nitrogens with one attached hydrogen (secondary N) is 1. The summed E-state index contributed by atoms with van der Waals surface area (Å²) in [5.41, 5.74) is -0.213. The molecule has 202 valence electrons. The average Bonchev–Trinajstić information content (AvgIpc) is 3.20. The lowest BCUT2D eigenvalue weighted by Crippen LogP contribution is -2.44. The molecule has 0 spiro atoms. The first-order chi connectivity index (χ1) is 16.6. The van der Waals surface area contributed by atoms with Gasteiger partial charge in [0.2, 0.25) is 0 Å². The van der Waals surface area contributed by atoms with Gasteiger partial charge in [0.05, 0.1) is 19.1 Å². The van der Waals surface area contributed by atoms with E-state index in [4.69, 9.17) is 13.7 Å². The number of benzene rings is 1. The smallest absolute Gasteiger partial charge is 0.284 e. The number of hydrogen-bond acceptors (Lipinski definition) is 7. The highest BCUT2D eigenvalue weighted by Gasteiger charge is 2.41. The number of ether oxygens (including phenoxy) is 1. The Morgan fingerprint density at radius 3 is 2.39 bits per heavy atom. The van der Waals surface area contributed by atoms with E-state index in [1.54, 1.807) is 12.2 Å². The van der Waals surface area contributed by atoms with E-state index < -0.39 is 26.9 Å². The molecule has 1 aliphatic carbocycles. The van der Waals surface area contributed by atoms with E-state index in [0.29, 0.717) is 29.6 Å². The second-order valence-electron chi connectivity index (χ2n) is 11.1. The van der Waals surface area contributed by atoms with Crippen LogP contribution in [0.5, 0.6) is 0 Å². The Morgan fingerprint density at radius 1 is 1.17 bits per heavy atom. The summed E-state index contributed by atoms with van der Waals surface area (Å²) in [6.07, 6.45) is 3.57. The second-order valence-corrected chi connectivity index (χ2v) is 19.8. The van der Waals surface area contributed by atoms with Crippen molar-refractivity contribution in [2.45, 2.75) is 65.0 Å². The van der Waals surface area contributed by atoms with Gasteiger partial charge in [-0.2, -0.15) is 0 Å². The monoisotopic (exact) mass is 571 g/mol. The van der Waals surface area contributed by atoms with Crippen LogP contribution in [-0.4, -0.2) is 45.2 Å². The van der Waals surface area contributed by atoms with Crippen molar-refractivity contribution in [1.29, 1.82) is 0 Å². The fraction of sp³-hybridized carbons (Fsp3) is 0.577. The predicted molar refractivity (Wildman–Crippen MR) is 157 cm³/mol. The summed E-state index contributed by atoms with van der Waals surface area (Å²) >= 11 is 5.62. The van der Waals surface area contributed by atoms with Crippen molar-refractivity contribution in [3.05, 3.63) is 58.7 Å². The molecule has 10 heteroatoms. The van der Waals surface area contributed by atoms with Crippen LogP contribution in [0.4, 0.5) is 0 Å². The average molecular weight is 572 g/mol. The molecule has 2 atom stereocenters. The Kier molecular flexibility index (Phi) is 11.2. The van der Waals surface area contributed by atoms with E-state index in [-0.39, 0.29) is 16.8 Å². The van der Waals surface area contributed by atoms with Crippen LogP contribution in [0.25, 0.3) is 0 Å². The van der Waals surface area contributed by atoms with E-state index in [1.807, 2.05) is 44.2 Å². The number of thiol groups is 1. The van der Waals surface area contributed by atoms with E-state index in [9.17, 15) is 9.36 Å². The van der Waals surface area contributed by atoms with Crippen LogP contribution in [0.15, 0.2) is 53.1 Å². The zero-order valence-electron chi connectivity index (χ0n) is 22.8. The quantitative estimate of drug-likeness (QED) is 0.114. The van der Waals surface area contributed by atoms with Gasteiger partial charge in [0, 0.05) is 23.8 Å². The Bertz CT molecular complexity index is 1010. The molecule has 6 nitrogen and oxygen atoms in total. The molecular formula is C26H42NO5PS2Si. The van der Waals surface area contributed by atoms with Crippen LogP contribution in [-0.2, 0) is 29.6 Å². The third-order valence-corrected chi connectivity index (χ3v) is 15.0. The van der Waals surface area contributed by atoms with Gasteiger partial charge in [-0.05, 0) is 43.6 Å². The third kappa shape index (κ3) is 8.35. The van der Waals surface area contributed by atoms with Gasteiger partial charge in [-0.1, -0.05) is 68.9 Å². The SMILES string of the molecule is COC1=C(S)C=C[C@H]1P(=O)(NCc1ccccc1)OCCSC(=O)C(C)(C)CO[Si](C)(C)C(C)(C)C. The summed E-state index contributed by atoms with van der Waals surface area (Å²) in [5, 5.41) is 3.25. The third-order valence-electron chi connectivity index (χ3n) is 6.64. The summed E-state index contributed by atoms with van der Waals surface area (Å²) in [4.78, 5) is 13.6. The molecule has 0 aromatic heterocycles. The first-order valence-corrected chi connectivity index (χ1v) is 18.2. The van der Waals surface area contributed by atoms with Crippen LogP contribution in [0, 0.1) is 5.41 Å². The lowest BCUT2D eigenvalue weighted by Gasteiger charge is -2.38. The number of thioether (sulfide) groups is 1. The molecule has 36 heavy (non-hydrogen) atoms. The molecule has 2 rings (SSSR count). The van der Waals surface area contributed by atoms with Crippen LogP contribution >= 0.6 is 31.9 Å². The van der Waals surface area contributed by atoms with Gasteiger partial charge in [0.1, 0.15) is 11.4 Å². The van der Waals surface area contributed by atoms with Gasteiger partial charge in [0.15, 0.2) is 13.4 Å². The maximum atomic E-state index is 14.0. The molecular weight excluding hydrogens is 529 g/mol. The fourth-order valence-electron chi connectivity index (χ4n) is 3.16. The van der Waals surface area contributed by atoms with Gasteiger partial charge in [0.25, 0.3) is 7.52 Å². The van der Waals surface area contributed by atoms with Crippen molar-refractivity contribution in [1.82, 2.24) is 5.09 Å². The first-order valence-electron chi connectivity index (χ1n) is 12.1. The normalized spacial score (nSPS) is 18.4. The zero-order chi connectivity index (χ0) is 27.2. The molecule has 0 radical (unpaired) electrons. The van der Waals surface area contributed by atoms with Crippen molar-refractivity contribution in [3.8, 4) is 0 Å². The molecule has 0 saturated carbocycles. The number of carbonyl (C=O) groups is 1. The Morgan fingerprint density at radius 2 is 1.81 bits per heavy atom. The molecule has 0 saturated heterocycles. The zero-order valence-corrected chi connectivity index (χ0v) is 26.4. The molecule has 0 amide bonds. The van der Waals surface area contributed by atoms with Crippen LogP contribution in [0.2, 0.25) is 18.1 Å². The van der Waals surface area contributed by atoms with E-state index in [0.717, 1.165) is 5.56 Å². The minimum absolute atomic E-state index is 0.0350. The highest BCUT2D eigenvalue weighted by molar-refractivity contribution is 8.13. The molecule has 1 N–H and O–H groups in total. The number of hydrogen-bond donors (Lipinski definition) is 2. The molecule has 1 aliphatic rings. The number of carbonyl (C=O) groups excluding carboxylic acids is 1.